The minimum Gasteiger partial charge on any atom is -0.406 e. The lowest BCUT2D eigenvalue weighted by Crippen LogP contribution is -2.17. The van der Waals surface area contributed by atoms with Gasteiger partial charge in [-0.25, -0.2) is 4.68 Å². The fourth-order valence-corrected chi connectivity index (χ4v) is 4.30. The third-order valence-electron chi connectivity index (χ3n) is 5.46. The second kappa shape index (κ2) is 8.58. The van der Waals surface area contributed by atoms with E-state index >= 15 is 0 Å². The number of hydrogen-bond donors (Lipinski definition) is 1. The Kier molecular flexibility index (Phi) is 5.59. The van der Waals surface area contributed by atoms with E-state index in [4.69, 9.17) is 16.7 Å². The number of nitrogens with zero attached hydrogens (tertiary/aromatic N) is 3. The molecule has 172 valence electrons. The highest BCUT2D eigenvalue weighted by Crippen LogP contribution is 2.37. The summed E-state index contributed by atoms with van der Waals surface area (Å²) in [6.45, 7) is 0.491. The minimum atomic E-state index is -4.86. The van der Waals surface area contributed by atoms with E-state index in [0.717, 1.165) is 29.0 Å². The summed E-state index contributed by atoms with van der Waals surface area (Å²) in [5.74, 6) is -0.436. The summed E-state index contributed by atoms with van der Waals surface area (Å²) in [5, 5.41) is 7.97. The number of hydrogen-bond acceptors (Lipinski definition) is 5. The van der Waals surface area contributed by atoms with E-state index < -0.39 is 18.2 Å². The van der Waals surface area contributed by atoms with Crippen LogP contribution in [0.15, 0.2) is 67.0 Å². The number of nitrogens with one attached hydrogen (secondary N) is 1. The van der Waals surface area contributed by atoms with E-state index in [1.54, 1.807) is 35.3 Å². The first kappa shape index (κ1) is 22.1. The molecule has 6 nitrogen and oxygen atoms in total. The van der Waals surface area contributed by atoms with Crippen molar-refractivity contribution in [3.63, 3.8) is 0 Å². The number of fused-ring (bicyclic) bond motifs is 1. The molecule has 1 aliphatic rings. The van der Waals surface area contributed by atoms with Crippen molar-refractivity contribution in [1.82, 2.24) is 20.1 Å². The molecule has 0 radical (unpaired) electrons. The Labute approximate surface area is 197 Å². The van der Waals surface area contributed by atoms with E-state index in [1.807, 2.05) is 18.2 Å². The van der Waals surface area contributed by atoms with Crippen molar-refractivity contribution in [1.29, 1.82) is 0 Å². The first-order valence-electron chi connectivity index (χ1n) is 10.2. The van der Waals surface area contributed by atoms with Gasteiger partial charge < -0.3 is 9.53 Å². The molecule has 3 heterocycles. The Bertz CT molecular complexity index is 1370. The van der Waals surface area contributed by atoms with Gasteiger partial charge in [-0.3, -0.25) is 10.3 Å². The first-order valence-corrected chi connectivity index (χ1v) is 10.6. The zero-order valence-electron chi connectivity index (χ0n) is 17.4. The molecule has 4 aromatic rings. The molecule has 0 saturated carbocycles. The van der Waals surface area contributed by atoms with E-state index in [1.165, 1.54) is 12.1 Å². The monoisotopic (exact) mass is 484 g/mol. The summed E-state index contributed by atoms with van der Waals surface area (Å²) >= 11 is 6.13. The van der Waals surface area contributed by atoms with Crippen LogP contribution in [0.1, 0.15) is 17.2 Å². The van der Waals surface area contributed by atoms with Crippen molar-refractivity contribution in [3.8, 4) is 34.0 Å². The van der Waals surface area contributed by atoms with Crippen LogP contribution in [0, 0.1) is 0 Å². The van der Waals surface area contributed by atoms with Gasteiger partial charge in [0.1, 0.15) is 12.0 Å². The number of aldehydes is 1. The number of ether oxygens (including phenoxy) is 1. The molecule has 0 fully saturated rings. The van der Waals surface area contributed by atoms with Gasteiger partial charge >= 0.3 is 6.36 Å². The predicted molar refractivity (Wildman–Crippen MR) is 120 cm³/mol. The zero-order valence-corrected chi connectivity index (χ0v) is 18.1. The number of halogens is 4. The zero-order chi connectivity index (χ0) is 23.9. The topological polar surface area (TPSA) is 69.0 Å². The molecule has 0 spiro atoms. The molecule has 2 aromatic heterocycles. The number of benzene rings is 2. The summed E-state index contributed by atoms with van der Waals surface area (Å²) in [7, 11) is 0. The van der Waals surface area contributed by atoms with E-state index in [0.29, 0.717) is 29.2 Å². The molecule has 2 aromatic carbocycles. The van der Waals surface area contributed by atoms with Crippen LogP contribution < -0.4 is 10.1 Å². The van der Waals surface area contributed by atoms with Gasteiger partial charge in [0.2, 0.25) is 0 Å². The molecule has 0 bridgehead atoms. The van der Waals surface area contributed by atoms with Gasteiger partial charge in [0.15, 0.2) is 0 Å². The largest absolute Gasteiger partial charge is 0.573 e. The molecule has 1 unspecified atom stereocenters. The van der Waals surface area contributed by atoms with Gasteiger partial charge in [-0.1, -0.05) is 29.8 Å². The highest BCUT2D eigenvalue weighted by molar-refractivity contribution is 6.31. The maximum absolute atomic E-state index is 12.8. The average Bonchev–Trinajstić information content (AvgIpc) is 3.42. The summed E-state index contributed by atoms with van der Waals surface area (Å²) in [6, 6.07) is 14.4. The Morgan fingerprint density at radius 2 is 2.00 bits per heavy atom. The van der Waals surface area contributed by atoms with Crippen molar-refractivity contribution < 1.29 is 22.7 Å². The third kappa shape index (κ3) is 4.27. The summed E-state index contributed by atoms with van der Waals surface area (Å²) < 4.78 is 44.2. The minimum absolute atomic E-state index is 0.0795. The molecule has 1 atom stereocenters. The van der Waals surface area contributed by atoms with Crippen molar-refractivity contribution >= 4 is 17.9 Å². The number of rotatable bonds is 5. The Morgan fingerprint density at radius 1 is 1.15 bits per heavy atom. The standard InChI is InChI=1S/C24H16ClF3N4O2/c25-15-7-14(8-17(9-15)34-24(26,27)28)23-10-21(31-32(23)16-3-2-6-29-11-16)18-4-1-5-19-20(18)12-30-22(19)13-33/h1-11,13,22,30H,12H2. The van der Waals surface area contributed by atoms with Gasteiger partial charge in [-0.15, -0.1) is 13.2 Å². The molecule has 1 aliphatic heterocycles. The Morgan fingerprint density at radius 3 is 2.74 bits per heavy atom. The van der Waals surface area contributed by atoms with Crippen LogP contribution in [0.3, 0.4) is 0 Å². The Hall–Kier alpha value is -3.69. The van der Waals surface area contributed by atoms with Crippen molar-refractivity contribution in [3.05, 3.63) is 83.1 Å². The van der Waals surface area contributed by atoms with Crippen LogP contribution in [-0.4, -0.2) is 27.4 Å². The SMILES string of the molecule is O=CC1NCc2c(-c3cc(-c4cc(Cl)cc(OC(F)(F)F)c4)n(-c4cccnc4)n3)cccc21. The number of aromatic nitrogens is 3. The lowest BCUT2D eigenvalue weighted by atomic mass is 9.98. The lowest BCUT2D eigenvalue weighted by molar-refractivity contribution is -0.274. The molecule has 10 heteroatoms. The van der Waals surface area contributed by atoms with Crippen LogP contribution in [0.25, 0.3) is 28.2 Å². The number of pyridine rings is 1. The molecular formula is C24H16ClF3N4O2. The highest BCUT2D eigenvalue weighted by atomic mass is 35.5. The summed E-state index contributed by atoms with van der Waals surface area (Å²) in [5.41, 5.74) is 4.69. The van der Waals surface area contributed by atoms with E-state index in [9.17, 15) is 18.0 Å². The second-order valence-electron chi connectivity index (χ2n) is 7.63. The summed E-state index contributed by atoms with van der Waals surface area (Å²) in [6.07, 6.45) is -0.804. The molecule has 0 amide bonds. The fraction of sp³-hybridized carbons (Fsp3) is 0.125. The lowest BCUT2D eigenvalue weighted by Gasteiger charge is -2.12. The maximum atomic E-state index is 12.8. The van der Waals surface area contributed by atoms with Crippen LogP contribution in [0.5, 0.6) is 5.75 Å². The molecule has 5 rings (SSSR count). The molecule has 1 N–H and O–H groups in total. The van der Waals surface area contributed by atoms with Gasteiger partial charge in [0.25, 0.3) is 0 Å². The predicted octanol–water partition coefficient (Wildman–Crippen LogP) is 5.50. The smallest absolute Gasteiger partial charge is 0.406 e. The highest BCUT2D eigenvalue weighted by Gasteiger charge is 2.31. The fourth-order valence-electron chi connectivity index (χ4n) is 4.07. The molecule has 34 heavy (non-hydrogen) atoms. The second-order valence-corrected chi connectivity index (χ2v) is 8.07. The van der Waals surface area contributed by atoms with E-state index in [2.05, 4.69) is 15.0 Å². The van der Waals surface area contributed by atoms with Crippen LogP contribution >= 0.6 is 11.6 Å². The van der Waals surface area contributed by atoms with Crippen LogP contribution in [0.2, 0.25) is 5.02 Å². The van der Waals surface area contributed by atoms with Crippen molar-refractivity contribution in [2.75, 3.05) is 0 Å². The molecule has 0 saturated heterocycles. The maximum Gasteiger partial charge on any atom is 0.573 e. The van der Waals surface area contributed by atoms with Gasteiger partial charge in [0, 0.05) is 28.9 Å². The number of carbonyl (C=O) groups excluding carboxylic acids is 1. The molecular weight excluding hydrogens is 469 g/mol. The third-order valence-corrected chi connectivity index (χ3v) is 5.68. The van der Waals surface area contributed by atoms with E-state index in [-0.39, 0.29) is 5.02 Å². The van der Waals surface area contributed by atoms with Gasteiger partial charge in [-0.2, -0.15) is 5.10 Å². The first-order chi connectivity index (χ1) is 16.3. The van der Waals surface area contributed by atoms with Gasteiger partial charge in [0.05, 0.1) is 29.3 Å². The number of carbonyl (C=O) groups is 1. The average molecular weight is 485 g/mol. The number of alkyl halides is 3. The van der Waals surface area contributed by atoms with Gasteiger partial charge in [-0.05, 0) is 47.5 Å². The Balaban J connectivity index is 1.68. The quantitative estimate of drug-likeness (QED) is 0.379. The van der Waals surface area contributed by atoms with Crippen LogP contribution in [-0.2, 0) is 11.3 Å². The van der Waals surface area contributed by atoms with Crippen molar-refractivity contribution in [2.45, 2.75) is 18.9 Å². The normalized spacial score (nSPS) is 15.2. The summed E-state index contributed by atoms with van der Waals surface area (Å²) in [4.78, 5) is 15.5. The van der Waals surface area contributed by atoms with Crippen LogP contribution in [0.4, 0.5) is 13.2 Å². The van der Waals surface area contributed by atoms with Crippen molar-refractivity contribution in [2.24, 2.45) is 0 Å². The molecule has 0 aliphatic carbocycles.